The van der Waals surface area contributed by atoms with Gasteiger partial charge < -0.3 is 0 Å². The molecule has 258 valence electrons. The van der Waals surface area contributed by atoms with Crippen molar-refractivity contribution in [3.63, 3.8) is 0 Å². The number of fused-ring (bicyclic) bond motifs is 2. The van der Waals surface area contributed by atoms with E-state index in [1.807, 2.05) is 98.8 Å². The van der Waals surface area contributed by atoms with Crippen LogP contribution >= 0.6 is 0 Å². The lowest BCUT2D eigenvalue weighted by Gasteiger charge is -2.31. The normalized spacial score (nSPS) is 17.0. The second-order valence-corrected chi connectivity index (χ2v) is 15.3. The van der Waals surface area contributed by atoms with E-state index in [0.717, 1.165) is 83.0 Å². The molecule has 2 saturated carbocycles. The maximum absolute atomic E-state index is 14.3. The number of hydrogen-bond donors (Lipinski definition) is 0. The summed E-state index contributed by atoms with van der Waals surface area (Å²) in [6.45, 7) is 4.07. The maximum Gasteiger partial charge on any atom is 0.266 e. The van der Waals surface area contributed by atoms with Crippen molar-refractivity contribution in [2.75, 3.05) is 9.80 Å². The Morgan fingerprint density at radius 2 is 0.788 bits per heavy atom. The molecule has 2 aliphatic carbocycles. The first-order chi connectivity index (χ1) is 25.2. The lowest BCUT2D eigenvalue weighted by Crippen LogP contribution is -2.33. The van der Waals surface area contributed by atoms with Gasteiger partial charge in [-0.15, -0.1) is 0 Å². The van der Waals surface area contributed by atoms with Gasteiger partial charge in [-0.3, -0.25) is 19.2 Å². The van der Waals surface area contributed by atoms with Crippen molar-refractivity contribution in [3.8, 4) is 22.3 Å². The van der Waals surface area contributed by atoms with Crippen molar-refractivity contribution in [1.29, 1.82) is 0 Å². The number of carbonyl (C=O) groups excluding carboxylic acids is 4. The zero-order chi connectivity index (χ0) is 35.7. The fourth-order valence-electron chi connectivity index (χ4n) is 8.19. The third kappa shape index (κ3) is 5.40. The molecule has 0 atom stereocenters. The molecule has 6 heteroatoms. The molecule has 4 aliphatic rings. The summed E-state index contributed by atoms with van der Waals surface area (Å²) in [6.07, 6.45) is 7.87. The number of anilines is 2. The number of imide groups is 2. The highest BCUT2D eigenvalue weighted by atomic mass is 16.2. The van der Waals surface area contributed by atoms with Crippen LogP contribution in [0.15, 0.2) is 97.1 Å². The Morgan fingerprint density at radius 3 is 1.13 bits per heavy atom. The topological polar surface area (TPSA) is 74.8 Å². The van der Waals surface area contributed by atoms with E-state index in [1.54, 1.807) is 12.1 Å². The van der Waals surface area contributed by atoms with Gasteiger partial charge in [0.15, 0.2) is 0 Å². The van der Waals surface area contributed by atoms with E-state index < -0.39 is 0 Å². The number of carbonyl (C=O) groups is 4. The molecule has 0 N–H and O–H groups in total. The third-order valence-corrected chi connectivity index (χ3v) is 11.8. The minimum absolute atomic E-state index is 0.336. The van der Waals surface area contributed by atoms with Gasteiger partial charge in [-0.2, -0.15) is 0 Å². The lowest BCUT2D eigenvalue weighted by atomic mass is 9.78. The molecule has 0 spiro atoms. The Balaban J connectivity index is 1.13. The fraction of sp³-hybridized carbons (Fsp3) is 0.261. The SMILES string of the molecule is Cc1ccc(-c2ccc3c(c2)C(=O)N(c2cc(CC4CCC4)c(N4C(=O)c5ccc(-c6ccc(C)cc6)cc5C4=O)cc2CC2CCC2)C3=O)cc1. The molecule has 9 rings (SSSR count). The highest BCUT2D eigenvalue weighted by Crippen LogP contribution is 2.44. The van der Waals surface area contributed by atoms with Gasteiger partial charge in [-0.1, -0.05) is 110 Å². The van der Waals surface area contributed by atoms with E-state index in [4.69, 9.17) is 0 Å². The molecular weight excluding hydrogens is 645 g/mol. The Labute approximate surface area is 304 Å². The number of benzene rings is 5. The maximum atomic E-state index is 14.3. The summed E-state index contributed by atoms with van der Waals surface area (Å²) >= 11 is 0. The van der Waals surface area contributed by atoms with E-state index in [0.29, 0.717) is 58.3 Å². The van der Waals surface area contributed by atoms with E-state index in [-0.39, 0.29) is 23.6 Å². The molecule has 5 aromatic rings. The molecule has 0 aromatic heterocycles. The first-order valence-corrected chi connectivity index (χ1v) is 18.6. The molecule has 52 heavy (non-hydrogen) atoms. The molecule has 5 aromatic carbocycles. The van der Waals surface area contributed by atoms with Gasteiger partial charge in [0, 0.05) is 0 Å². The van der Waals surface area contributed by atoms with Crippen LogP contribution < -0.4 is 9.80 Å². The van der Waals surface area contributed by atoms with E-state index in [1.165, 1.54) is 9.80 Å². The van der Waals surface area contributed by atoms with Gasteiger partial charge in [0.2, 0.25) is 0 Å². The van der Waals surface area contributed by atoms with Crippen LogP contribution in [-0.2, 0) is 12.8 Å². The van der Waals surface area contributed by atoms with Crippen molar-refractivity contribution in [3.05, 3.63) is 142 Å². The van der Waals surface area contributed by atoms with Crippen molar-refractivity contribution < 1.29 is 19.2 Å². The Morgan fingerprint density at radius 1 is 0.442 bits per heavy atom. The van der Waals surface area contributed by atoms with Crippen molar-refractivity contribution in [2.24, 2.45) is 11.8 Å². The average molecular weight is 685 g/mol. The molecule has 0 unspecified atom stereocenters. The van der Waals surface area contributed by atoms with Crippen LogP contribution in [0.5, 0.6) is 0 Å². The van der Waals surface area contributed by atoms with Crippen molar-refractivity contribution in [1.82, 2.24) is 0 Å². The summed E-state index contributed by atoms with van der Waals surface area (Å²) in [7, 11) is 0. The van der Waals surface area contributed by atoms with E-state index >= 15 is 0 Å². The summed E-state index contributed by atoms with van der Waals surface area (Å²) in [5.41, 5.74) is 10.4. The molecule has 0 bridgehead atoms. The Kier molecular flexibility index (Phi) is 7.80. The molecule has 0 saturated heterocycles. The monoisotopic (exact) mass is 684 g/mol. The molecule has 4 amide bonds. The highest BCUT2D eigenvalue weighted by molar-refractivity contribution is 6.36. The number of rotatable bonds is 8. The second-order valence-electron chi connectivity index (χ2n) is 15.3. The van der Waals surface area contributed by atoms with Gasteiger partial charge in [-0.25, -0.2) is 9.80 Å². The number of nitrogens with zero attached hydrogens (tertiary/aromatic N) is 2. The fourth-order valence-corrected chi connectivity index (χ4v) is 8.19. The van der Waals surface area contributed by atoms with Gasteiger partial charge in [0.05, 0.1) is 33.6 Å². The van der Waals surface area contributed by atoms with Gasteiger partial charge >= 0.3 is 0 Å². The molecule has 2 fully saturated rings. The van der Waals surface area contributed by atoms with Crippen LogP contribution in [0, 0.1) is 25.7 Å². The zero-order valence-electron chi connectivity index (χ0n) is 29.6. The number of amides is 4. The van der Waals surface area contributed by atoms with Gasteiger partial charge in [-0.05, 0) is 108 Å². The Bertz CT molecular complexity index is 2150. The first kappa shape index (κ1) is 32.3. The summed E-state index contributed by atoms with van der Waals surface area (Å²) < 4.78 is 0. The van der Waals surface area contributed by atoms with Crippen LogP contribution in [0.25, 0.3) is 22.3 Å². The van der Waals surface area contributed by atoms with Crippen LogP contribution in [0.3, 0.4) is 0 Å². The van der Waals surface area contributed by atoms with Crippen LogP contribution in [-0.4, -0.2) is 23.6 Å². The summed E-state index contributed by atoms with van der Waals surface area (Å²) in [5.74, 6) is -0.529. The summed E-state index contributed by atoms with van der Waals surface area (Å²) in [6, 6.07) is 31.2. The summed E-state index contributed by atoms with van der Waals surface area (Å²) in [4.78, 5) is 59.7. The number of aryl methyl sites for hydroxylation is 2. The largest absolute Gasteiger partial charge is 0.268 e. The minimum atomic E-state index is -0.337. The molecule has 2 aliphatic heterocycles. The van der Waals surface area contributed by atoms with Crippen LogP contribution in [0.2, 0.25) is 0 Å². The minimum Gasteiger partial charge on any atom is -0.268 e. The second kappa shape index (κ2) is 12.6. The molecular formula is C46H40N2O4. The van der Waals surface area contributed by atoms with E-state index in [2.05, 4.69) is 0 Å². The van der Waals surface area contributed by atoms with E-state index in [9.17, 15) is 19.2 Å². The smallest absolute Gasteiger partial charge is 0.266 e. The summed E-state index contributed by atoms with van der Waals surface area (Å²) in [5, 5.41) is 0. The standard InChI is InChI=1S/C46H40N2O4/c1-27-9-13-31(14-10-27)33-17-19-37-39(23-33)45(51)47(43(37)49)41-25-36(22-30-7-4-8-30)42(26-35(41)21-29-5-3-6-29)48-44(50)38-20-18-34(24-40(38)46(48)52)32-15-11-28(2)12-16-32/h9-20,23-26,29-30H,3-8,21-22H2,1-2H3. The van der Waals surface area contributed by atoms with Gasteiger partial charge in [0.1, 0.15) is 0 Å². The third-order valence-electron chi connectivity index (χ3n) is 11.8. The van der Waals surface area contributed by atoms with Crippen molar-refractivity contribution in [2.45, 2.75) is 65.2 Å². The molecule has 2 heterocycles. The molecule has 6 nitrogen and oxygen atoms in total. The Hall–Kier alpha value is -5.62. The predicted octanol–water partition coefficient (Wildman–Crippen LogP) is 9.92. The zero-order valence-corrected chi connectivity index (χ0v) is 29.6. The molecule has 0 radical (unpaired) electrons. The highest BCUT2D eigenvalue weighted by Gasteiger charge is 2.42. The average Bonchev–Trinajstić information content (AvgIpc) is 3.51. The van der Waals surface area contributed by atoms with Crippen LogP contribution in [0.1, 0.15) is 102 Å². The predicted molar refractivity (Wildman–Crippen MR) is 204 cm³/mol. The number of hydrogen-bond acceptors (Lipinski definition) is 4. The lowest BCUT2D eigenvalue weighted by molar-refractivity contribution is 0.0908. The van der Waals surface area contributed by atoms with Crippen LogP contribution in [0.4, 0.5) is 11.4 Å². The first-order valence-electron chi connectivity index (χ1n) is 18.6. The quantitative estimate of drug-likeness (QED) is 0.153. The van der Waals surface area contributed by atoms with Crippen molar-refractivity contribution >= 4 is 35.0 Å². The van der Waals surface area contributed by atoms with Gasteiger partial charge in [0.25, 0.3) is 23.6 Å².